The number of piperazine rings is 1. The molecule has 4 nitrogen and oxygen atoms in total. The number of hydrogen-bond donors (Lipinski definition) is 0. The van der Waals surface area contributed by atoms with Crippen LogP contribution >= 0.6 is 0 Å². The topological polar surface area (TPSA) is 26.8 Å². The predicted octanol–water partition coefficient (Wildman–Crippen LogP) is 0.101. The van der Waals surface area contributed by atoms with Crippen LogP contribution in [0.3, 0.4) is 0 Å². The van der Waals surface area contributed by atoms with Gasteiger partial charge >= 0.3 is 0 Å². The van der Waals surface area contributed by atoms with E-state index >= 15 is 0 Å². The summed E-state index contributed by atoms with van der Waals surface area (Å²) in [5, 5.41) is 0. The highest BCUT2D eigenvalue weighted by molar-refractivity contribution is 5.77. The molecule has 4 heteroatoms. The first-order valence-corrected chi connectivity index (χ1v) is 5.71. The van der Waals surface area contributed by atoms with Crippen molar-refractivity contribution in [3.8, 4) is 0 Å². The highest BCUT2D eigenvalue weighted by Crippen LogP contribution is 2.08. The molecular formula is C11H23N3O. The van der Waals surface area contributed by atoms with Gasteiger partial charge in [0, 0.05) is 39.8 Å². The van der Waals surface area contributed by atoms with E-state index in [9.17, 15) is 4.79 Å². The number of hydrogen-bond acceptors (Lipinski definition) is 3. The van der Waals surface area contributed by atoms with Crippen molar-refractivity contribution in [1.29, 1.82) is 0 Å². The second kappa shape index (κ2) is 5.47. The molecule has 0 aromatic carbocycles. The number of nitrogens with zero attached hydrogens (tertiary/aromatic N) is 3. The number of amides is 1. The Labute approximate surface area is 92.8 Å². The Kier molecular flexibility index (Phi) is 4.54. The Morgan fingerprint density at radius 2 is 2.07 bits per heavy atom. The van der Waals surface area contributed by atoms with Crippen molar-refractivity contribution in [2.24, 2.45) is 0 Å². The third kappa shape index (κ3) is 3.47. The second-order valence-corrected chi connectivity index (χ2v) is 4.50. The maximum absolute atomic E-state index is 11.5. The van der Waals surface area contributed by atoms with Gasteiger partial charge in [-0.2, -0.15) is 0 Å². The van der Waals surface area contributed by atoms with Crippen LogP contribution < -0.4 is 0 Å². The smallest absolute Gasteiger partial charge is 0.236 e. The summed E-state index contributed by atoms with van der Waals surface area (Å²) in [4.78, 5) is 17.9. The number of carbonyl (C=O) groups is 1. The van der Waals surface area contributed by atoms with Gasteiger partial charge in [-0.3, -0.25) is 14.6 Å². The van der Waals surface area contributed by atoms with Gasteiger partial charge in [0.25, 0.3) is 0 Å². The van der Waals surface area contributed by atoms with Gasteiger partial charge in [0.1, 0.15) is 0 Å². The summed E-state index contributed by atoms with van der Waals surface area (Å²) in [5.41, 5.74) is 0. The molecule has 88 valence electrons. The zero-order valence-corrected chi connectivity index (χ0v) is 10.4. The second-order valence-electron chi connectivity index (χ2n) is 4.50. The van der Waals surface area contributed by atoms with Crippen LogP contribution in [0, 0.1) is 0 Å². The van der Waals surface area contributed by atoms with E-state index in [1.165, 1.54) is 0 Å². The van der Waals surface area contributed by atoms with Crippen LogP contribution in [-0.4, -0.2) is 73.5 Å². The lowest BCUT2D eigenvalue weighted by Crippen LogP contribution is -2.53. The first kappa shape index (κ1) is 12.5. The van der Waals surface area contributed by atoms with Crippen molar-refractivity contribution >= 4 is 5.91 Å². The van der Waals surface area contributed by atoms with E-state index in [2.05, 4.69) is 23.6 Å². The summed E-state index contributed by atoms with van der Waals surface area (Å²) in [6.07, 6.45) is 0. The SMILES string of the molecule is CCN1CCN(CC(=O)N(C)C)C[C@H]1C. The zero-order chi connectivity index (χ0) is 11.4. The molecule has 1 heterocycles. The monoisotopic (exact) mass is 213 g/mol. The van der Waals surface area contributed by atoms with E-state index < -0.39 is 0 Å². The van der Waals surface area contributed by atoms with Gasteiger partial charge in [-0.05, 0) is 13.5 Å². The lowest BCUT2D eigenvalue weighted by molar-refractivity contribution is -0.130. The van der Waals surface area contributed by atoms with E-state index in [-0.39, 0.29) is 5.91 Å². The minimum atomic E-state index is 0.201. The van der Waals surface area contributed by atoms with Crippen LogP contribution in [0.15, 0.2) is 0 Å². The van der Waals surface area contributed by atoms with Gasteiger partial charge in [0.15, 0.2) is 0 Å². The largest absolute Gasteiger partial charge is 0.348 e. The Balaban J connectivity index is 2.38. The molecule has 1 amide bonds. The van der Waals surface area contributed by atoms with Gasteiger partial charge in [0.2, 0.25) is 5.91 Å². The maximum atomic E-state index is 11.5. The third-order valence-corrected chi connectivity index (χ3v) is 3.11. The van der Waals surface area contributed by atoms with Crippen molar-refractivity contribution in [1.82, 2.24) is 14.7 Å². The predicted molar refractivity (Wildman–Crippen MR) is 61.8 cm³/mol. The van der Waals surface area contributed by atoms with Crippen molar-refractivity contribution in [3.05, 3.63) is 0 Å². The summed E-state index contributed by atoms with van der Waals surface area (Å²) < 4.78 is 0. The summed E-state index contributed by atoms with van der Waals surface area (Å²) in [6, 6.07) is 0.568. The summed E-state index contributed by atoms with van der Waals surface area (Å²) >= 11 is 0. The van der Waals surface area contributed by atoms with Gasteiger partial charge in [-0.1, -0.05) is 6.92 Å². The quantitative estimate of drug-likeness (QED) is 0.665. The van der Waals surface area contributed by atoms with Crippen molar-refractivity contribution in [3.63, 3.8) is 0 Å². The average molecular weight is 213 g/mol. The minimum Gasteiger partial charge on any atom is -0.348 e. The van der Waals surface area contributed by atoms with Crippen LogP contribution in [0.5, 0.6) is 0 Å². The minimum absolute atomic E-state index is 0.201. The average Bonchev–Trinajstić information content (AvgIpc) is 2.18. The standard InChI is InChI=1S/C11H23N3O/c1-5-14-7-6-13(8-10(14)2)9-11(15)12(3)4/h10H,5-9H2,1-4H3/t10-/m1/s1. The Hall–Kier alpha value is -0.610. The molecule has 0 unspecified atom stereocenters. The molecule has 1 fully saturated rings. The maximum Gasteiger partial charge on any atom is 0.236 e. The van der Waals surface area contributed by atoms with Crippen molar-refractivity contribution in [2.45, 2.75) is 19.9 Å². The molecule has 15 heavy (non-hydrogen) atoms. The molecule has 1 atom stereocenters. The van der Waals surface area contributed by atoms with Crippen LogP contribution in [-0.2, 0) is 4.79 Å². The fourth-order valence-corrected chi connectivity index (χ4v) is 2.02. The zero-order valence-electron chi connectivity index (χ0n) is 10.4. The van der Waals surface area contributed by atoms with Crippen molar-refractivity contribution < 1.29 is 4.79 Å². The molecule has 1 saturated heterocycles. The lowest BCUT2D eigenvalue weighted by Gasteiger charge is -2.39. The van der Waals surface area contributed by atoms with E-state index in [0.717, 1.165) is 26.2 Å². The molecule has 0 radical (unpaired) electrons. The number of rotatable bonds is 3. The molecule has 0 spiro atoms. The van der Waals surface area contributed by atoms with Crippen LogP contribution in [0.25, 0.3) is 0 Å². The fourth-order valence-electron chi connectivity index (χ4n) is 2.02. The molecule has 1 aliphatic heterocycles. The molecule has 1 rings (SSSR count). The van der Waals surface area contributed by atoms with Gasteiger partial charge < -0.3 is 4.90 Å². The lowest BCUT2D eigenvalue weighted by atomic mass is 10.2. The molecule has 1 aliphatic rings. The van der Waals surface area contributed by atoms with E-state index in [1.54, 1.807) is 4.90 Å². The molecule has 0 aliphatic carbocycles. The highest BCUT2D eigenvalue weighted by atomic mass is 16.2. The van der Waals surface area contributed by atoms with Crippen LogP contribution in [0.4, 0.5) is 0 Å². The Morgan fingerprint density at radius 3 is 2.53 bits per heavy atom. The first-order valence-electron chi connectivity index (χ1n) is 5.71. The van der Waals surface area contributed by atoms with Crippen molar-refractivity contribution in [2.75, 3.05) is 46.8 Å². The van der Waals surface area contributed by atoms with E-state index in [0.29, 0.717) is 12.6 Å². The first-order chi connectivity index (χ1) is 7.04. The van der Waals surface area contributed by atoms with Gasteiger partial charge in [-0.25, -0.2) is 0 Å². The summed E-state index contributed by atoms with van der Waals surface area (Å²) in [6.45, 7) is 9.20. The Bertz CT molecular complexity index is 218. The Morgan fingerprint density at radius 1 is 1.40 bits per heavy atom. The summed E-state index contributed by atoms with van der Waals surface area (Å²) in [5.74, 6) is 0.201. The highest BCUT2D eigenvalue weighted by Gasteiger charge is 2.23. The molecule has 0 aromatic rings. The molecule has 0 aromatic heterocycles. The number of carbonyl (C=O) groups excluding carboxylic acids is 1. The van der Waals surface area contributed by atoms with E-state index in [4.69, 9.17) is 0 Å². The van der Waals surface area contributed by atoms with E-state index in [1.807, 2.05) is 14.1 Å². The molecule has 0 saturated carbocycles. The third-order valence-electron chi connectivity index (χ3n) is 3.11. The molecular weight excluding hydrogens is 190 g/mol. The summed E-state index contributed by atoms with van der Waals surface area (Å²) in [7, 11) is 3.63. The molecule has 0 N–H and O–H groups in total. The number of likely N-dealkylation sites (N-methyl/N-ethyl adjacent to an activating group) is 2. The normalized spacial score (nSPS) is 24.1. The fraction of sp³-hybridized carbons (Fsp3) is 0.909. The van der Waals surface area contributed by atoms with Gasteiger partial charge in [-0.15, -0.1) is 0 Å². The van der Waals surface area contributed by atoms with Crippen LogP contribution in [0.1, 0.15) is 13.8 Å². The molecule has 0 bridgehead atoms. The van der Waals surface area contributed by atoms with Crippen LogP contribution in [0.2, 0.25) is 0 Å². The van der Waals surface area contributed by atoms with Gasteiger partial charge in [0.05, 0.1) is 6.54 Å².